The Labute approximate surface area is 93.2 Å². The monoisotopic (exact) mass is 218 g/mol. The van der Waals surface area contributed by atoms with Crippen molar-refractivity contribution in [2.24, 2.45) is 0 Å². The van der Waals surface area contributed by atoms with E-state index in [1.165, 1.54) is 6.33 Å². The fraction of sp³-hybridized carbons (Fsp3) is 0.455. The summed E-state index contributed by atoms with van der Waals surface area (Å²) in [6.07, 6.45) is 5.67. The first kappa shape index (κ1) is 9.59. The third kappa shape index (κ3) is 1.36. The molecule has 16 heavy (non-hydrogen) atoms. The molecule has 0 aromatic carbocycles. The first-order valence-electron chi connectivity index (χ1n) is 5.47. The molecule has 0 saturated carbocycles. The van der Waals surface area contributed by atoms with Crippen LogP contribution < -0.4 is 5.73 Å². The van der Waals surface area contributed by atoms with Crippen molar-refractivity contribution in [1.82, 2.24) is 14.5 Å². The fourth-order valence-corrected chi connectivity index (χ4v) is 2.26. The fourth-order valence-electron chi connectivity index (χ4n) is 2.26. The lowest BCUT2D eigenvalue weighted by Crippen LogP contribution is -2.12. The maximum atomic E-state index is 5.99. The van der Waals surface area contributed by atoms with Crippen LogP contribution in [0.5, 0.6) is 0 Å². The van der Waals surface area contributed by atoms with E-state index in [9.17, 15) is 0 Å². The highest BCUT2D eigenvalue weighted by Crippen LogP contribution is 2.33. The van der Waals surface area contributed by atoms with Gasteiger partial charge in [-0.3, -0.25) is 4.57 Å². The van der Waals surface area contributed by atoms with Gasteiger partial charge in [0.05, 0.1) is 6.10 Å². The van der Waals surface area contributed by atoms with Gasteiger partial charge in [0.15, 0.2) is 0 Å². The molecular weight excluding hydrogens is 204 g/mol. The van der Waals surface area contributed by atoms with Crippen molar-refractivity contribution >= 4 is 16.9 Å². The number of anilines is 1. The average molecular weight is 218 g/mol. The van der Waals surface area contributed by atoms with Gasteiger partial charge in [0.1, 0.15) is 24.0 Å². The lowest BCUT2D eigenvalue weighted by atomic mass is 10.2. The number of ether oxygens (including phenoxy) is 1. The summed E-state index contributed by atoms with van der Waals surface area (Å²) < 4.78 is 7.78. The minimum absolute atomic E-state index is 0.0161. The molecule has 3 rings (SSSR count). The van der Waals surface area contributed by atoms with Gasteiger partial charge in [0.2, 0.25) is 0 Å². The second-order valence-corrected chi connectivity index (χ2v) is 4.22. The quantitative estimate of drug-likeness (QED) is 0.791. The summed E-state index contributed by atoms with van der Waals surface area (Å²) in [5.41, 5.74) is 6.85. The normalized spacial score (nSPS) is 25.3. The smallest absolute Gasteiger partial charge is 0.147 e. The van der Waals surface area contributed by atoms with E-state index in [1.807, 2.05) is 10.6 Å². The number of nitrogens with zero attached hydrogens (tertiary/aromatic N) is 3. The zero-order chi connectivity index (χ0) is 11.1. The minimum atomic E-state index is 0.0161. The molecule has 0 aliphatic carbocycles. The lowest BCUT2D eigenvalue weighted by Gasteiger charge is -2.15. The van der Waals surface area contributed by atoms with E-state index in [1.54, 1.807) is 6.20 Å². The van der Waals surface area contributed by atoms with E-state index in [0.29, 0.717) is 11.9 Å². The standard InChI is InChI=1S/C11H14N4O/c1-7-2-3-10(16-7)15-9(12)4-8-5-13-6-14-11(8)15/h4-7,10H,2-3,12H2,1H3/t7?,10-/m1/s1. The summed E-state index contributed by atoms with van der Waals surface area (Å²) >= 11 is 0. The molecule has 0 radical (unpaired) electrons. The van der Waals surface area contributed by atoms with E-state index in [-0.39, 0.29) is 6.23 Å². The van der Waals surface area contributed by atoms with Crippen LogP contribution in [0.1, 0.15) is 26.0 Å². The predicted octanol–water partition coefficient (Wildman–Crippen LogP) is 1.71. The average Bonchev–Trinajstić information content (AvgIpc) is 2.80. The molecule has 1 unspecified atom stereocenters. The first-order chi connectivity index (χ1) is 7.75. The van der Waals surface area contributed by atoms with Crippen molar-refractivity contribution in [1.29, 1.82) is 0 Å². The van der Waals surface area contributed by atoms with Crippen LogP contribution in [0.2, 0.25) is 0 Å². The van der Waals surface area contributed by atoms with Crippen molar-refractivity contribution in [3.05, 3.63) is 18.6 Å². The van der Waals surface area contributed by atoms with Crippen LogP contribution in [0.3, 0.4) is 0 Å². The number of hydrogen-bond donors (Lipinski definition) is 1. The topological polar surface area (TPSA) is 66.0 Å². The summed E-state index contributed by atoms with van der Waals surface area (Å²) in [6, 6.07) is 1.89. The van der Waals surface area contributed by atoms with Gasteiger partial charge in [0, 0.05) is 11.6 Å². The molecule has 1 saturated heterocycles. The molecule has 2 aromatic heterocycles. The minimum Gasteiger partial charge on any atom is -0.385 e. The molecule has 2 N–H and O–H groups in total. The van der Waals surface area contributed by atoms with Gasteiger partial charge in [-0.2, -0.15) is 0 Å². The van der Waals surface area contributed by atoms with Crippen molar-refractivity contribution in [2.75, 3.05) is 5.73 Å². The van der Waals surface area contributed by atoms with E-state index < -0.39 is 0 Å². The molecular formula is C11H14N4O. The van der Waals surface area contributed by atoms with E-state index in [4.69, 9.17) is 10.5 Å². The van der Waals surface area contributed by atoms with Crippen molar-refractivity contribution in [3.8, 4) is 0 Å². The molecule has 84 valence electrons. The number of hydrogen-bond acceptors (Lipinski definition) is 4. The van der Waals surface area contributed by atoms with Gasteiger partial charge >= 0.3 is 0 Å². The molecule has 0 amide bonds. The van der Waals surface area contributed by atoms with Crippen molar-refractivity contribution in [2.45, 2.75) is 32.1 Å². The Morgan fingerprint density at radius 2 is 2.38 bits per heavy atom. The Morgan fingerprint density at radius 1 is 1.50 bits per heavy atom. The van der Waals surface area contributed by atoms with E-state index in [0.717, 1.165) is 23.9 Å². The third-order valence-corrected chi connectivity index (χ3v) is 3.03. The molecule has 0 spiro atoms. The Hall–Kier alpha value is -1.62. The van der Waals surface area contributed by atoms with Crippen LogP contribution in [0.25, 0.3) is 11.0 Å². The molecule has 2 atom stereocenters. The predicted molar refractivity (Wildman–Crippen MR) is 60.8 cm³/mol. The Morgan fingerprint density at radius 3 is 3.12 bits per heavy atom. The zero-order valence-electron chi connectivity index (χ0n) is 9.13. The summed E-state index contributed by atoms with van der Waals surface area (Å²) in [7, 11) is 0. The molecule has 0 bridgehead atoms. The van der Waals surface area contributed by atoms with Gasteiger partial charge in [-0.1, -0.05) is 0 Å². The SMILES string of the molecule is CC1CC[C@H](n2c(N)cc3cncnc32)O1. The molecule has 1 fully saturated rings. The Balaban J connectivity index is 2.12. The van der Waals surface area contributed by atoms with Crippen molar-refractivity contribution < 1.29 is 4.74 Å². The number of aromatic nitrogens is 3. The summed E-state index contributed by atoms with van der Waals surface area (Å²) in [6.45, 7) is 2.08. The molecule has 2 aromatic rings. The van der Waals surface area contributed by atoms with Gasteiger partial charge < -0.3 is 10.5 Å². The largest absolute Gasteiger partial charge is 0.385 e. The second-order valence-electron chi connectivity index (χ2n) is 4.22. The van der Waals surface area contributed by atoms with E-state index in [2.05, 4.69) is 16.9 Å². The number of fused-ring (bicyclic) bond motifs is 1. The van der Waals surface area contributed by atoms with Gasteiger partial charge in [0.25, 0.3) is 0 Å². The summed E-state index contributed by atoms with van der Waals surface area (Å²) in [4.78, 5) is 8.25. The van der Waals surface area contributed by atoms with Crippen LogP contribution in [-0.2, 0) is 4.74 Å². The first-order valence-corrected chi connectivity index (χ1v) is 5.47. The number of nitrogen functional groups attached to an aromatic ring is 1. The van der Waals surface area contributed by atoms with Crippen LogP contribution in [0, 0.1) is 0 Å². The van der Waals surface area contributed by atoms with Gasteiger partial charge in [-0.25, -0.2) is 9.97 Å². The van der Waals surface area contributed by atoms with Crippen molar-refractivity contribution in [3.63, 3.8) is 0 Å². The van der Waals surface area contributed by atoms with Gasteiger partial charge in [-0.05, 0) is 25.8 Å². The molecule has 5 heteroatoms. The maximum Gasteiger partial charge on any atom is 0.147 e. The Kier molecular flexibility index (Phi) is 2.07. The lowest BCUT2D eigenvalue weighted by molar-refractivity contribution is 0.0148. The van der Waals surface area contributed by atoms with Crippen LogP contribution in [-0.4, -0.2) is 20.6 Å². The number of rotatable bonds is 1. The molecule has 5 nitrogen and oxygen atoms in total. The van der Waals surface area contributed by atoms with Crippen LogP contribution >= 0.6 is 0 Å². The second kappa shape index (κ2) is 3.45. The van der Waals surface area contributed by atoms with Gasteiger partial charge in [-0.15, -0.1) is 0 Å². The molecule has 3 heterocycles. The zero-order valence-corrected chi connectivity index (χ0v) is 9.13. The summed E-state index contributed by atoms with van der Waals surface area (Å²) in [5.74, 6) is 0.689. The maximum absolute atomic E-state index is 5.99. The summed E-state index contributed by atoms with van der Waals surface area (Å²) in [5, 5.41) is 0.961. The highest BCUT2D eigenvalue weighted by Gasteiger charge is 2.26. The van der Waals surface area contributed by atoms with Crippen LogP contribution in [0.15, 0.2) is 18.6 Å². The Bertz CT molecular complexity index is 522. The number of nitrogens with two attached hydrogens (primary N) is 1. The highest BCUT2D eigenvalue weighted by molar-refractivity contribution is 5.80. The van der Waals surface area contributed by atoms with E-state index >= 15 is 0 Å². The third-order valence-electron chi connectivity index (χ3n) is 3.03. The highest BCUT2D eigenvalue weighted by atomic mass is 16.5. The van der Waals surface area contributed by atoms with Crippen LogP contribution in [0.4, 0.5) is 5.82 Å². The molecule has 1 aliphatic heterocycles. The molecule has 1 aliphatic rings.